The van der Waals surface area contributed by atoms with Crippen LogP contribution in [0.5, 0.6) is 0 Å². The molecule has 3 atom stereocenters. The van der Waals surface area contributed by atoms with Gasteiger partial charge in [0.25, 0.3) is 0 Å². The smallest absolute Gasteiger partial charge is 0.243 e. The topological polar surface area (TPSA) is 75.8 Å². The van der Waals surface area contributed by atoms with Crippen LogP contribution >= 0.6 is 0 Å². The summed E-state index contributed by atoms with van der Waals surface area (Å²) in [4.78, 5) is 14.5. The van der Waals surface area contributed by atoms with Gasteiger partial charge < -0.3 is 20.5 Å². The zero-order valence-electron chi connectivity index (χ0n) is 11.8. The first-order chi connectivity index (χ1) is 8.92. The highest BCUT2D eigenvalue weighted by Gasteiger charge is 2.71. The molecule has 2 saturated heterocycles. The number of rotatable bonds is 2. The molecule has 108 valence electrons. The summed E-state index contributed by atoms with van der Waals surface area (Å²) in [6.07, 6.45) is 2.08. The summed E-state index contributed by atoms with van der Waals surface area (Å²) in [6, 6.07) is 0. The fraction of sp³-hybridized carbons (Fsp3) is 0.929. The zero-order valence-corrected chi connectivity index (χ0v) is 11.8. The lowest BCUT2D eigenvalue weighted by atomic mass is 9.46. The number of nitrogens with zero attached hydrogens (tertiary/aromatic N) is 1. The number of carbonyl (C=O) groups excluding carboxylic acids is 1. The van der Waals surface area contributed by atoms with Crippen molar-refractivity contribution in [1.82, 2.24) is 4.90 Å². The fourth-order valence-electron chi connectivity index (χ4n) is 4.12. The molecule has 5 heteroatoms. The second-order valence-electron chi connectivity index (χ2n) is 6.89. The molecule has 0 aromatic heterocycles. The van der Waals surface area contributed by atoms with E-state index in [9.17, 15) is 4.79 Å². The van der Waals surface area contributed by atoms with Gasteiger partial charge in [-0.25, -0.2) is 0 Å². The van der Waals surface area contributed by atoms with E-state index in [1.54, 1.807) is 4.90 Å². The van der Waals surface area contributed by atoms with Crippen molar-refractivity contribution < 1.29 is 14.6 Å². The van der Waals surface area contributed by atoms with Crippen LogP contribution in [0.2, 0.25) is 0 Å². The highest BCUT2D eigenvalue weighted by atomic mass is 16.5. The third-order valence-corrected chi connectivity index (χ3v) is 5.54. The molecule has 2 heterocycles. The Labute approximate surface area is 114 Å². The number of amides is 1. The molecule has 0 bridgehead atoms. The van der Waals surface area contributed by atoms with Crippen LogP contribution < -0.4 is 5.73 Å². The highest BCUT2D eigenvalue weighted by Crippen LogP contribution is 2.58. The molecule has 0 radical (unpaired) electrons. The molecule has 3 N–H and O–H groups in total. The molecule has 1 saturated carbocycles. The van der Waals surface area contributed by atoms with Gasteiger partial charge in [0.15, 0.2) is 0 Å². The maximum atomic E-state index is 12.7. The van der Waals surface area contributed by atoms with Crippen LogP contribution in [0.3, 0.4) is 0 Å². The van der Waals surface area contributed by atoms with Gasteiger partial charge in [-0.3, -0.25) is 4.79 Å². The number of hydrogen-bond acceptors (Lipinski definition) is 4. The van der Waals surface area contributed by atoms with Crippen molar-refractivity contribution in [2.45, 2.75) is 38.3 Å². The molecule has 19 heavy (non-hydrogen) atoms. The van der Waals surface area contributed by atoms with Crippen LogP contribution in [0.25, 0.3) is 0 Å². The average Bonchev–Trinajstić information content (AvgIpc) is 2.36. The molecule has 1 aliphatic carbocycles. The molecule has 3 rings (SSSR count). The maximum absolute atomic E-state index is 12.7. The second kappa shape index (κ2) is 4.17. The van der Waals surface area contributed by atoms with Crippen LogP contribution in [0.15, 0.2) is 0 Å². The molecule has 0 aromatic rings. The first-order valence-corrected chi connectivity index (χ1v) is 7.23. The van der Waals surface area contributed by atoms with E-state index in [1.165, 1.54) is 0 Å². The Morgan fingerprint density at radius 1 is 1.47 bits per heavy atom. The Morgan fingerprint density at radius 2 is 2.16 bits per heavy atom. The Bertz CT molecular complexity index is 392. The van der Waals surface area contributed by atoms with Gasteiger partial charge in [0.1, 0.15) is 5.54 Å². The van der Waals surface area contributed by atoms with Crippen molar-refractivity contribution in [2.24, 2.45) is 23.0 Å². The number of hydrogen-bond donors (Lipinski definition) is 2. The third kappa shape index (κ3) is 1.55. The van der Waals surface area contributed by atoms with Crippen molar-refractivity contribution in [2.75, 3.05) is 26.3 Å². The van der Waals surface area contributed by atoms with E-state index in [-0.39, 0.29) is 35.9 Å². The summed E-state index contributed by atoms with van der Waals surface area (Å²) in [5, 5.41) is 9.06. The average molecular weight is 268 g/mol. The van der Waals surface area contributed by atoms with Gasteiger partial charge in [0.2, 0.25) is 5.91 Å². The highest BCUT2D eigenvalue weighted by molar-refractivity contribution is 5.90. The molecule has 3 fully saturated rings. The van der Waals surface area contributed by atoms with E-state index in [0.717, 1.165) is 19.4 Å². The summed E-state index contributed by atoms with van der Waals surface area (Å²) in [6.45, 7) is 6.30. The quantitative estimate of drug-likeness (QED) is 0.737. The molecule has 3 aliphatic rings. The minimum Gasteiger partial charge on any atom is -0.396 e. The number of fused-ring (bicyclic) bond motifs is 1. The summed E-state index contributed by atoms with van der Waals surface area (Å²) in [7, 11) is 0. The lowest BCUT2D eigenvalue weighted by molar-refractivity contribution is -0.232. The molecule has 3 unspecified atom stereocenters. The summed E-state index contributed by atoms with van der Waals surface area (Å²) < 4.78 is 5.82. The van der Waals surface area contributed by atoms with Crippen molar-refractivity contribution in [3.8, 4) is 0 Å². The van der Waals surface area contributed by atoms with Crippen LogP contribution in [0.4, 0.5) is 0 Å². The molecule has 2 aliphatic heterocycles. The van der Waals surface area contributed by atoms with Gasteiger partial charge in [0, 0.05) is 43.6 Å². The van der Waals surface area contributed by atoms with Gasteiger partial charge in [-0.15, -0.1) is 0 Å². The Kier molecular flexibility index (Phi) is 2.93. The standard InChI is InChI=1S/C14H24N2O3/c1-13(2)11-10(4-3-5-19-11)14(13,15)12(18)16-6-9(7-16)8-17/h9-11,17H,3-8,15H2,1-2H3. The van der Waals surface area contributed by atoms with E-state index in [4.69, 9.17) is 15.6 Å². The van der Waals surface area contributed by atoms with Crippen LogP contribution in [-0.4, -0.2) is 53.9 Å². The van der Waals surface area contributed by atoms with Crippen molar-refractivity contribution >= 4 is 5.91 Å². The van der Waals surface area contributed by atoms with Crippen LogP contribution in [0.1, 0.15) is 26.7 Å². The van der Waals surface area contributed by atoms with E-state index in [1.807, 2.05) is 13.8 Å². The largest absolute Gasteiger partial charge is 0.396 e. The molecule has 1 amide bonds. The first-order valence-electron chi connectivity index (χ1n) is 7.23. The van der Waals surface area contributed by atoms with Crippen molar-refractivity contribution in [1.29, 1.82) is 0 Å². The number of carbonyl (C=O) groups is 1. The maximum Gasteiger partial charge on any atom is 0.243 e. The number of likely N-dealkylation sites (tertiary alicyclic amines) is 1. The number of aliphatic hydroxyl groups excluding tert-OH is 1. The third-order valence-electron chi connectivity index (χ3n) is 5.54. The monoisotopic (exact) mass is 268 g/mol. The first kappa shape index (κ1) is 13.3. The fourth-order valence-corrected chi connectivity index (χ4v) is 4.12. The molecule has 0 spiro atoms. The van der Waals surface area contributed by atoms with E-state index < -0.39 is 5.54 Å². The summed E-state index contributed by atoms with van der Waals surface area (Å²) >= 11 is 0. The molecule has 5 nitrogen and oxygen atoms in total. The van der Waals surface area contributed by atoms with Gasteiger partial charge in [-0.2, -0.15) is 0 Å². The molecular formula is C14H24N2O3. The lowest BCUT2D eigenvalue weighted by Crippen LogP contribution is -2.83. The van der Waals surface area contributed by atoms with Gasteiger partial charge in [-0.05, 0) is 12.8 Å². The van der Waals surface area contributed by atoms with Gasteiger partial charge >= 0.3 is 0 Å². The van der Waals surface area contributed by atoms with Crippen LogP contribution in [-0.2, 0) is 9.53 Å². The number of ether oxygens (including phenoxy) is 1. The molecule has 0 aromatic carbocycles. The summed E-state index contributed by atoms with van der Waals surface area (Å²) in [5.41, 5.74) is 5.44. The van der Waals surface area contributed by atoms with E-state index in [0.29, 0.717) is 13.1 Å². The van der Waals surface area contributed by atoms with E-state index in [2.05, 4.69) is 0 Å². The number of nitrogens with two attached hydrogens (primary N) is 1. The number of aliphatic hydroxyl groups is 1. The van der Waals surface area contributed by atoms with Crippen molar-refractivity contribution in [3.63, 3.8) is 0 Å². The van der Waals surface area contributed by atoms with Gasteiger partial charge in [0.05, 0.1) is 6.10 Å². The second-order valence-corrected chi connectivity index (χ2v) is 6.89. The Morgan fingerprint density at radius 3 is 2.79 bits per heavy atom. The normalized spacial score (nSPS) is 41.2. The summed E-state index contributed by atoms with van der Waals surface area (Å²) in [5.74, 6) is 0.431. The Hall–Kier alpha value is -0.650. The zero-order chi connectivity index (χ0) is 13.8. The Balaban J connectivity index is 1.76. The predicted octanol–water partition coefficient (Wildman–Crippen LogP) is -0.0304. The van der Waals surface area contributed by atoms with E-state index >= 15 is 0 Å². The van der Waals surface area contributed by atoms with Gasteiger partial charge in [-0.1, -0.05) is 13.8 Å². The predicted molar refractivity (Wildman–Crippen MR) is 70.3 cm³/mol. The minimum absolute atomic E-state index is 0.0500. The van der Waals surface area contributed by atoms with Crippen LogP contribution in [0, 0.1) is 17.3 Å². The molecular weight excluding hydrogens is 244 g/mol. The minimum atomic E-state index is -0.793. The van der Waals surface area contributed by atoms with Crippen molar-refractivity contribution in [3.05, 3.63) is 0 Å². The lowest BCUT2D eigenvalue weighted by Gasteiger charge is -2.66. The SMILES string of the molecule is CC1(C)C2OCCCC2C1(N)C(=O)N1CC(CO)C1.